The fraction of sp³-hybridized carbons (Fsp3) is 0.227. The standard InChI is InChI=1S/C22H20N2O2S/c1-3-4-13-24-20(15-11-9-14(2)10-12-15)23-21-18(22(24)26)19(25)16-7-5-6-8-17(16)27-21/h5-12H,3-4,13H2,1-2H3. The van der Waals surface area contributed by atoms with Gasteiger partial charge in [-0.15, -0.1) is 11.3 Å². The van der Waals surface area contributed by atoms with E-state index in [9.17, 15) is 9.59 Å². The molecular formula is C22H20N2O2S. The first-order valence-electron chi connectivity index (χ1n) is 9.13. The summed E-state index contributed by atoms with van der Waals surface area (Å²) in [6.45, 7) is 4.66. The maximum Gasteiger partial charge on any atom is 0.266 e. The molecule has 2 heterocycles. The topological polar surface area (TPSA) is 52.0 Å². The van der Waals surface area contributed by atoms with Crippen molar-refractivity contribution in [3.8, 4) is 11.4 Å². The van der Waals surface area contributed by atoms with Crippen LogP contribution in [0.5, 0.6) is 0 Å². The van der Waals surface area contributed by atoms with E-state index in [1.165, 1.54) is 11.3 Å². The zero-order valence-electron chi connectivity index (χ0n) is 15.4. The molecule has 0 saturated carbocycles. The van der Waals surface area contributed by atoms with Crippen LogP contribution >= 0.6 is 11.3 Å². The second kappa shape index (κ2) is 7.08. The molecule has 0 bridgehead atoms. The second-order valence-corrected chi connectivity index (χ2v) is 7.75. The van der Waals surface area contributed by atoms with Gasteiger partial charge in [0.15, 0.2) is 0 Å². The van der Waals surface area contributed by atoms with Crippen molar-refractivity contribution >= 4 is 31.6 Å². The molecule has 0 atom stereocenters. The summed E-state index contributed by atoms with van der Waals surface area (Å²) in [4.78, 5) is 31.6. The Kier molecular flexibility index (Phi) is 4.62. The molecule has 0 aliphatic heterocycles. The van der Waals surface area contributed by atoms with Gasteiger partial charge in [0.1, 0.15) is 16.0 Å². The molecule has 4 rings (SSSR count). The monoisotopic (exact) mass is 376 g/mol. The number of rotatable bonds is 4. The lowest BCUT2D eigenvalue weighted by atomic mass is 10.1. The summed E-state index contributed by atoms with van der Waals surface area (Å²) in [6.07, 6.45) is 1.82. The zero-order valence-corrected chi connectivity index (χ0v) is 16.2. The summed E-state index contributed by atoms with van der Waals surface area (Å²) in [5.41, 5.74) is 1.58. The smallest absolute Gasteiger partial charge is 0.266 e. The van der Waals surface area contributed by atoms with Gasteiger partial charge >= 0.3 is 0 Å². The van der Waals surface area contributed by atoms with Crippen molar-refractivity contribution in [2.75, 3.05) is 0 Å². The van der Waals surface area contributed by atoms with Crippen LogP contribution in [0.2, 0.25) is 0 Å². The third-order valence-electron chi connectivity index (χ3n) is 4.75. The molecule has 0 saturated heterocycles. The van der Waals surface area contributed by atoms with Crippen LogP contribution in [0.15, 0.2) is 58.1 Å². The summed E-state index contributed by atoms with van der Waals surface area (Å²) in [5, 5.41) is 0.782. The molecule has 0 aliphatic rings. The first-order valence-corrected chi connectivity index (χ1v) is 9.95. The molecular weight excluding hydrogens is 356 g/mol. The first kappa shape index (κ1) is 17.6. The number of hydrogen-bond donors (Lipinski definition) is 0. The van der Waals surface area contributed by atoms with Crippen LogP contribution in [-0.4, -0.2) is 9.55 Å². The predicted molar refractivity (Wildman–Crippen MR) is 113 cm³/mol. The molecule has 136 valence electrons. The zero-order chi connectivity index (χ0) is 19.0. The number of hydrogen-bond acceptors (Lipinski definition) is 4. The average Bonchev–Trinajstić information content (AvgIpc) is 2.68. The van der Waals surface area contributed by atoms with Crippen LogP contribution in [0.4, 0.5) is 0 Å². The van der Waals surface area contributed by atoms with E-state index in [2.05, 4.69) is 6.92 Å². The summed E-state index contributed by atoms with van der Waals surface area (Å²) in [7, 11) is 0. The molecule has 0 aliphatic carbocycles. The van der Waals surface area contributed by atoms with Gasteiger partial charge in [-0.25, -0.2) is 4.98 Å². The van der Waals surface area contributed by atoms with E-state index >= 15 is 0 Å². The van der Waals surface area contributed by atoms with Gasteiger partial charge in [-0.1, -0.05) is 55.3 Å². The van der Waals surface area contributed by atoms with E-state index in [1.54, 1.807) is 10.6 Å². The quantitative estimate of drug-likeness (QED) is 0.483. The molecule has 0 spiro atoms. The fourth-order valence-corrected chi connectivity index (χ4v) is 4.27. The molecule has 0 N–H and O–H groups in total. The van der Waals surface area contributed by atoms with Gasteiger partial charge in [-0.05, 0) is 25.5 Å². The summed E-state index contributed by atoms with van der Waals surface area (Å²) >= 11 is 1.40. The minimum atomic E-state index is -0.240. The van der Waals surface area contributed by atoms with E-state index in [1.807, 2.05) is 49.4 Å². The molecule has 27 heavy (non-hydrogen) atoms. The Morgan fingerprint density at radius 3 is 2.52 bits per heavy atom. The van der Waals surface area contributed by atoms with Crippen molar-refractivity contribution in [1.82, 2.24) is 9.55 Å². The van der Waals surface area contributed by atoms with E-state index in [0.717, 1.165) is 28.7 Å². The lowest BCUT2D eigenvalue weighted by Crippen LogP contribution is -2.27. The Bertz CT molecular complexity index is 1250. The number of benzene rings is 2. The third kappa shape index (κ3) is 3.08. The van der Waals surface area contributed by atoms with Gasteiger partial charge in [0.05, 0.1) is 0 Å². The molecule has 0 amide bonds. The number of nitrogens with zero attached hydrogens (tertiary/aromatic N) is 2. The Labute approximate surface area is 160 Å². The highest BCUT2D eigenvalue weighted by atomic mass is 32.1. The van der Waals surface area contributed by atoms with Gasteiger partial charge in [-0.3, -0.25) is 14.2 Å². The molecule has 0 unspecified atom stereocenters. The van der Waals surface area contributed by atoms with Crippen LogP contribution in [0.3, 0.4) is 0 Å². The van der Waals surface area contributed by atoms with Crippen LogP contribution in [0, 0.1) is 6.92 Å². The lowest BCUT2D eigenvalue weighted by molar-refractivity contribution is 0.615. The molecule has 2 aromatic carbocycles. The number of aromatic nitrogens is 2. The highest BCUT2D eigenvalue weighted by molar-refractivity contribution is 7.24. The Morgan fingerprint density at radius 1 is 1.04 bits per heavy atom. The minimum Gasteiger partial charge on any atom is -0.292 e. The highest BCUT2D eigenvalue weighted by Gasteiger charge is 2.17. The molecule has 4 aromatic rings. The molecule has 0 fully saturated rings. The van der Waals surface area contributed by atoms with Crippen molar-refractivity contribution in [1.29, 1.82) is 0 Å². The molecule has 0 radical (unpaired) electrons. The van der Waals surface area contributed by atoms with Gasteiger partial charge in [0, 0.05) is 22.2 Å². The van der Waals surface area contributed by atoms with Gasteiger partial charge in [0.25, 0.3) is 5.56 Å². The minimum absolute atomic E-state index is 0.200. The van der Waals surface area contributed by atoms with E-state index in [4.69, 9.17) is 4.98 Å². The summed E-state index contributed by atoms with van der Waals surface area (Å²) in [5.74, 6) is 0.631. The van der Waals surface area contributed by atoms with Crippen molar-refractivity contribution in [3.63, 3.8) is 0 Å². The van der Waals surface area contributed by atoms with Gasteiger partial charge in [-0.2, -0.15) is 0 Å². The van der Waals surface area contributed by atoms with Crippen molar-refractivity contribution < 1.29 is 0 Å². The first-order chi connectivity index (χ1) is 13.1. The number of aryl methyl sites for hydroxylation is 1. The normalized spacial score (nSPS) is 11.3. The van der Waals surface area contributed by atoms with Gasteiger partial charge in [0.2, 0.25) is 5.43 Å². The Hall–Kier alpha value is -2.79. The molecule has 2 aromatic heterocycles. The maximum absolute atomic E-state index is 13.3. The van der Waals surface area contributed by atoms with Crippen LogP contribution in [-0.2, 0) is 6.54 Å². The van der Waals surface area contributed by atoms with E-state index < -0.39 is 0 Å². The second-order valence-electron chi connectivity index (χ2n) is 6.72. The van der Waals surface area contributed by atoms with Crippen LogP contribution in [0.25, 0.3) is 31.7 Å². The largest absolute Gasteiger partial charge is 0.292 e. The van der Waals surface area contributed by atoms with Crippen molar-refractivity contribution in [3.05, 3.63) is 74.7 Å². The predicted octanol–water partition coefficient (Wildman–Crippen LogP) is 4.75. The average molecular weight is 376 g/mol. The number of unbranched alkanes of at least 4 members (excludes halogenated alkanes) is 1. The van der Waals surface area contributed by atoms with E-state index in [0.29, 0.717) is 22.6 Å². The Balaban J connectivity index is 2.10. The van der Waals surface area contributed by atoms with Crippen molar-refractivity contribution in [2.24, 2.45) is 0 Å². The van der Waals surface area contributed by atoms with Crippen LogP contribution in [0.1, 0.15) is 25.3 Å². The molecule has 4 nitrogen and oxygen atoms in total. The lowest BCUT2D eigenvalue weighted by Gasteiger charge is -2.13. The summed E-state index contributed by atoms with van der Waals surface area (Å²) < 4.78 is 2.52. The maximum atomic E-state index is 13.3. The highest BCUT2D eigenvalue weighted by Crippen LogP contribution is 2.25. The molecule has 5 heteroatoms. The SMILES string of the molecule is CCCCn1c(-c2ccc(C)cc2)nc2sc3ccccc3c(=O)c2c1=O. The Morgan fingerprint density at radius 2 is 1.78 bits per heavy atom. The summed E-state index contributed by atoms with van der Waals surface area (Å²) in [6, 6.07) is 15.4. The van der Waals surface area contributed by atoms with Crippen molar-refractivity contribution in [2.45, 2.75) is 33.2 Å². The number of fused-ring (bicyclic) bond motifs is 2. The third-order valence-corrected chi connectivity index (χ3v) is 5.81. The fourth-order valence-electron chi connectivity index (χ4n) is 3.23. The van der Waals surface area contributed by atoms with Crippen LogP contribution < -0.4 is 11.0 Å². The van der Waals surface area contributed by atoms with Gasteiger partial charge < -0.3 is 0 Å². The van der Waals surface area contributed by atoms with E-state index in [-0.39, 0.29) is 16.4 Å².